The molecule has 1 aliphatic carbocycles. The molecule has 0 aliphatic heterocycles. The maximum absolute atomic E-state index is 12.1. The van der Waals surface area contributed by atoms with Crippen LogP contribution in [0.3, 0.4) is 0 Å². The molecule has 164 valence electrons. The highest BCUT2D eigenvalue weighted by molar-refractivity contribution is 5.83. The molecule has 2 aromatic rings. The quantitative estimate of drug-likeness (QED) is 0.503. The van der Waals surface area contributed by atoms with Crippen molar-refractivity contribution in [1.29, 1.82) is 0 Å². The Kier molecular flexibility index (Phi) is 7.61. The Morgan fingerprint density at radius 2 is 1.65 bits per heavy atom. The Bertz CT molecular complexity index is 900. The number of aliphatic carboxylic acids is 1. The summed E-state index contributed by atoms with van der Waals surface area (Å²) < 4.78 is 10.2. The summed E-state index contributed by atoms with van der Waals surface area (Å²) in [7, 11) is 1.36. The highest BCUT2D eigenvalue weighted by Gasteiger charge is 2.29. The number of carbonyl (C=O) groups is 3. The first kappa shape index (κ1) is 22.3. The van der Waals surface area contributed by atoms with Gasteiger partial charge < -0.3 is 25.2 Å². The number of hydrogen-bond acceptors (Lipinski definition) is 5. The number of methoxy groups -OCH3 is 1. The standard InChI is InChI=1S/C23H26N2O6/c1-30-14-20(22(27)28)25-21(26)11-6-12-24-23(29)31-13-19-17-9-4-2-7-15(17)16-8-3-5-10-18(16)19/h2-5,7-10,19-20H,6,11-14H2,1H3,(H,24,29)(H,25,26)(H,27,28)/t20-/m0/s1. The number of nitrogens with one attached hydrogen (secondary N) is 2. The van der Waals surface area contributed by atoms with Crippen LogP contribution in [0.15, 0.2) is 48.5 Å². The molecular weight excluding hydrogens is 400 g/mol. The van der Waals surface area contributed by atoms with Crippen molar-refractivity contribution in [2.75, 3.05) is 26.9 Å². The van der Waals surface area contributed by atoms with Gasteiger partial charge in [0.2, 0.25) is 5.91 Å². The lowest BCUT2D eigenvalue weighted by Crippen LogP contribution is -2.43. The molecule has 3 rings (SSSR count). The topological polar surface area (TPSA) is 114 Å². The number of amides is 2. The van der Waals surface area contributed by atoms with Crippen LogP contribution in [0.25, 0.3) is 11.1 Å². The number of carboxylic acid groups (broad SMARTS) is 1. The summed E-state index contributed by atoms with van der Waals surface area (Å²) in [6.45, 7) is 0.350. The van der Waals surface area contributed by atoms with E-state index in [0.29, 0.717) is 6.42 Å². The van der Waals surface area contributed by atoms with E-state index in [0.717, 1.165) is 22.3 Å². The highest BCUT2D eigenvalue weighted by atomic mass is 16.5. The third kappa shape index (κ3) is 5.61. The molecular formula is C23H26N2O6. The molecule has 0 heterocycles. The van der Waals surface area contributed by atoms with Gasteiger partial charge in [0.25, 0.3) is 0 Å². The second kappa shape index (κ2) is 10.6. The number of ether oxygens (including phenoxy) is 2. The van der Waals surface area contributed by atoms with E-state index >= 15 is 0 Å². The van der Waals surface area contributed by atoms with Crippen molar-refractivity contribution in [2.45, 2.75) is 24.8 Å². The Morgan fingerprint density at radius 3 is 2.23 bits per heavy atom. The maximum atomic E-state index is 12.1. The number of fused-ring (bicyclic) bond motifs is 3. The van der Waals surface area contributed by atoms with Gasteiger partial charge in [0.05, 0.1) is 6.61 Å². The number of carboxylic acids is 1. The minimum absolute atomic E-state index is 0.0161. The van der Waals surface area contributed by atoms with E-state index < -0.39 is 24.0 Å². The van der Waals surface area contributed by atoms with Gasteiger partial charge in [-0.3, -0.25) is 4.79 Å². The molecule has 2 aromatic carbocycles. The first-order valence-corrected chi connectivity index (χ1v) is 10.1. The fraction of sp³-hybridized carbons (Fsp3) is 0.348. The van der Waals surface area contributed by atoms with Crippen molar-refractivity contribution in [2.24, 2.45) is 0 Å². The highest BCUT2D eigenvalue weighted by Crippen LogP contribution is 2.44. The van der Waals surface area contributed by atoms with Gasteiger partial charge in [-0.05, 0) is 28.7 Å². The molecule has 1 atom stereocenters. The van der Waals surface area contributed by atoms with Gasteiger partial charge >= 0.3 is 12.1 Å². The Morgan fingerprint density at radius 1 is 1.03 bits per heavy atom. The summed E-state index contributed by atoms with van der Waals surface area (Å²) >= 11 is 0. The summed E-state index contributed by atoms with van der Waals surface area (Å²) in [6.07, 6.45) is -0.114. The zero-order valence-electron chi connectivity index (χ0n) is 17.3. The molecule has 0 radical (unpaired) electrons. The van der Waals surface area contributed by atoms with E-state index in [2.05, 4.69) is 22.8 Å². The molecule has 0 unspecified atom stereocenters. The van der Waals surface area contributed by atoms with Crippen LogP contribution in [0, 0.1) is 0 Å². The lowest BCUT2D eigenvalue weighted by Gasteiger charge is -2.15. The van der Waals surface area contributed by atoms with Crippen LogP contribution in [0.1, 0.15) is 29.9 Å². The molecule has 8 nitrogen and oxygen atoms in total. The largest absolute Gasteiger partial charge is 0.480 e. The molecule has 0 saturated carbocycles. The fourth-order valence-corrected chi connectivity index (χ4v) is 3.70. The molecule has 0 aromatic heterocycles. The Labute approximate surface area is 180 Å². The third-order valence-electron chi connectivity index (χ3n) is 5.16. The van der Waals surface area contributed by atoms with Gasteiger partial charge in [0, 0.05) is 26.0 Å². The van der Waals surface area contributed by atoms with E-state index in [-0.39, 0.29) is 32.1 Å². The first-order chi connectivity index (χ1) is 15.0. The van der Waals surface area contributed by atoms with Crippen molar-refractivity contribution in [3.05, 3.63) is 59.7 Å². The minimum Gasteiger partial charge on any atom is -0.480 e. The Balaban J connectivity index is 1.42. The summed E-state index contributed by atoms with van der Waals surface area (Å²) in [4.78, 5) is 34.9. The molecule has 0 bridgehead atoms. The molecule has 2 amide bonds. The number of hydrogen-bond donors (Lipinski definition) is 3. The van der Waals surface area contributed by atoms with E-state index in [1.807, 2.05) is 36.4 Å². The summed E-state index contributed by atoms with van der Waals surface area (Å²) in [5.74, 6) is -1.59. The van der Waals surface area contributed by atoms with Gasteiger partial charge in [0.15, 0.2) is 6.04 Å². The molecule has 1 aliphatic rings. The van der Waals surface area contributed by atoms with Crippen molar-refractivity contribution < 1.29 is 29.0 Å². The average molecular weight is 426 g/mol. The van der Waals surface area contributed by atoms with Crippen LogP contribution >= 0.6 is 0 Å². The zero-order valence-corrected chi connectivity index (χ0v) is 17.3. The van der Waals surface area contributed by atoms with Gasteiger partial charge in [-0.1, -0.05) is 48.5 Å². The normalized spacial score (nSPS) is 13.1. The van der Waals surface area contributed by atoms with Gasteiger partial charge in [-0.2, -0.15) is 0 Å². The van der Waals surface area contributed by atoms with Crippen molar-refractivity contribution in [3.8, 4) is 11.1 Å². The summed E-state index contributed by atoms with van der Waals surface area (Å²) in [5, 5.41) is 14.0. The van der Waals surface area contributed by atoms with Gasteiger partial charge in [0.1, 0.15) is 6.61 Å². The average Bonchev–Trinajstić information content (AvgIpc) is 3.09. The van der Waals surface area contributed by atoms with Gasteiger partial charge in [-0.25, -0.2) is 9.59 Å². The number of alkyl carbamates (subject to hydrolysis) is 1. The SMILES string of the molecule is COC[C@H](NC(=O)CCCNC(=O)OCC1c2ccccc2-c2ccccc21)C(=O)O. The van der Waals surface area contributed by atoms with Crippen LogP contribution in [0.5, 0.6) is 0 Å². The van der Waals surface area contributed by atoms with Crippen LogP contribution in [0.4, 0.5) is 4.79 Å². The molecule has 0 spiro atoms. The Hall–Kier alpha value is -3.39. The van der Waals surface area contributed by atoms with E-state index in [1.54, 1.807) is 0 Å². The van der Waals surface area contributed by atoms with E-state index in [9.17, 15) is 14.4 Å². The minimum atomic E-state index is -1.16. The van der Waals surface area contributed by atoms with Crippen molar-refractivity contribution in [3.63, 3.8) is 0 Å². The molecule has 0 fully saturated rings. The molecule has 31 heavy (non-hydrogen) atoms. The summed E-state index contributed by atoms with van der Waals surface area (Å²) in [6, 6.07) is 15.1. The van der Waals surface area contributed by atoms with Crippen molar-refractivity contribution >= 4 is 18.0 Å². The van der Waals surface area contributed by atoms with E-state index in [4.69, 9.17) is 14.6 Å². The fourth-order valence-electron chi connectivity index (χ4n) is 3.70. The van der Waals surface area contributed by atoms with Crippen LogP contribution in [-0.4, -0.2) is 56.0 Å². The second-order valence-electron chi connectivity index (χ2n) is 7.27. The van der Waals surface area contributed by atoms with Crippen LogP contribution in [-0.2, 0) is 19.1 Å². The van der Waals surface area contributed by atoms with Crippen LogP contribution < -0.4 is 10.6 Å². The smallest absolute Gasteiger partial charge is 0.407 e. The lowest BCUT2D eigenvalue weighted by atomic mass is 9.98. The number of carbonyl (C=O) groups excluding carboxylic acids is 2. The second-order valence-corrected chi connectivity index (χ2v) is 7.27. The predicted octanol–water partition coefficient (Wildman–Crippen LogP) is 2.52. The van der Waals surface area contributed by atoms with Crippen molar-refractivity contribution in [1.82, 2.24) is 10.6 Å². The first-order valence-electron chi connectivity index (χ1n) is 10.1. The lowest BCUT2D eigenvalue weighted by molar-refractivity contribution is -0.143. The maximum Gasteiger partial charge on any atom is 0.407 e. The molecule has 0 saturated heterocycles. The number of benzene rings is 2. The number of rotatable bonds is 10. The molecule has 8 heteroatoms. The third-order valence-corrected chi connectivity index (χ3v) is 5.16. The monoisotopic (exact) mass is 426 g/mol. The van der Waals surface area contributed by atoms with Gasteiger partial charge in [-0.15, -0.1) is 0 Å². The molecule has 3 N–H and O–H groups in total. The van der Waals surface area contributed by atoms with E-state index in [1.165, 1.54) is 7.11 Å². The zero-order chi connectivity index (χ0) is 22.2. The summed E-state index contributed by atoms with van der Waals surface area (Å²) in [5.41, 5.74) is 4.59. The van der Waals surface area contributed by atoms with Crippen LogP contribution in [0.2, 0.25) is 0 Å². The predicted molar refractivity (Wildman–Crippen MR) is 114 cm³/mol.